The molecule has 3 aromatic rings. The van der Waals surface area contributed by atoms with Gasteiger partial charge in [-0.15, -0.1) is 0 Å². The molecule has 2 heterocycles. The summed E-state index contributed by atoms with van der Waals surface area (Å²) in [6, 6.07) is 18.6. The highest BCUT2D eigenvalue weighted by Crippen LogP contribution is 2.30. The van der Waals surface area contributed by atoms with Crippen molar-refractivity contribution < 1.29 is 34.8 Å². The number of carbonyl (C=O) groups is 2. The molecule has 0 radical (unpaired) electrons. The summed E-state index contributed by atoms with van der Waals surface area (Å²) < 4.78 is 7.52. The van der Waals surface area contributed by atoms with E-state index in [1.807, 2.05) is 24.3 Å². The normalized spacial score (nSPS) is 15.2. The molecule has 0 bridgehead atoms. The molecule has 194 valence electrons. The molecule has 0 aliphatic carbocycles. The summed E-state index contributed by atoms with van der Waals surface area (Å²) in [4.78, 5) is 22.8. The second-order valence-electron chi connectivity index (χ2n) is 8.56. The van der Waals surface area contributed by atoms with E-state index in [-0.39, 0.29) is 6.61 Å². The molecular formula is C26H33N3O7. The number of ether oxygens (including phenoxy) is 1. The smallest absolute Gasteiger partial charge is 0.414 e. The molecule has 1 saturated heterocycles. The van der Waals surface area contributed by atoms with E-state index in [4.69, 9.17) is 29.6 Å². The van der Waals surface area contributed by atoms with Gasteiger partial charge >= 0.3 is 11.9 Å². The summed E-state index contributed by atoms with van der Waals surface area (Å²) in [5, 5.41) is 36.0. The van der Waals surface area contributed by atoms with Gasteiger partial charge in [-0.25, -0.2) is 9.59 Å². The monoisotopic (exact) mass is 499 g/mol. The molecule has 10 nitrogen and oxygen atoms in total. The number of hydrogen-bond donors (Lipinski definition) is 4. The number of benzene rings is 2. The molecule has 10 heteroatoms. The van der Waals surface area contributed by atoms with Crippen LogP contribution >= 0.6 is 0 Å². The lowest BCUT2D eigenvalue weighted by atomic mass is 10.1. The number of aliphatic hydroxyl groups is 2. The van der Waals surface area contributed by atoms with E-state index in [9.17, 15) is 5.11 Å². The Morgan fingerprint density at radius 2 is 1.53 bits per heavy atom. The van der Waals surface area contributed by atoms with E-state index in [0.29, 0.717) is 13.1 Å². The first-order chi connectivity index (χ1) is 17.3. The molecule has 1 aromatic heterocycles. The van der Waals surface area contributed by atoms with Crippen LogP contribution in [0.3, 0.4) is 0 Å². The Balaban J connectivity index is 0.000000538. The highest BCUT2D eigenvalue weighted by atomic mass is 16.5. The predicted molar refractivity (Wildman–Crippen MR) is 135 cm³/mol. The van der Waals surface area contributed by atoms with E-state index in [2.05, 4.69) is 44.7 Å². The number of hydrogen-bond acceptors (Lipinski definition) is 7. The SMILES string of the molecule is COc1ccc(-c2cc3ccccc3n2CC(O)CN2CCN(CCO)CC2)cc1.O=C(O)C(=O)O. The summed E-state index contributed by atoms with van der Waals surface area (Å²) in [5.41, 5.74) is 3.35. The van der Waals surface area contributed by atoms with Crippen molar-refractivity contribution in [2.45, 2.75) is 12.6 Å². The third-order valence-corrected chi connectivity index (χ3v) is 6.12. The second-order valence-corrected chi connectivity index (χ2v) is 8.56. The maximum absolute atomic E-state index is 10.9. The number of fused-ring (bicyclic) bond motifs is 1. The van der Waals surface area contributed by atoms with Crippen molar-refractivity contribution in [3.8, 4) is 17.0 Å². The highest BCUT2D eigenvalue weighted by Gasteiger charge is 2.20. The Morgan fingerprint density at radius 3 is 2.11 bits per heavy atom. The molecule has 1 aliphatic heterocycles. The van der Waals surface area contributed by atoms with Crippen LogP contribution in [0.1, 0.15) is 0 Å². The fourth-order valence-electron chi connectivity index (χ4n) is 4.31. The molecule has 1 fully saturated rings. The summed E-state index contributed by atoms with van der Waals surface area (Å²) in [7, 11) is 1.67. The lowest BCUT2D eigenvalue weighted by Crippen LogP contribution is -2.49. The average Bonchev–Trinajstić information content (AvgIpc) is 3.24. The van der Waals surface area contributed by atoms with Crippen LogP contribution in [0.25, 0.3) is 22.2 Å². The molecule has 2 aromatic carbocycles. The van der Waals surface area contributed by atoms with Crippen LogP contribution in [0.5, 0.6) is 5.75 Å². The van der Waals surface area contributed by atoms with Crippen molar-refractivity contribution in [3.05, 3.63) is 54.6 Å². The van der Waals surface area contributed by atoms with E-state index >= 15 is 0 Å². The van der Waals surface area contributed by atoms with Gasteiger partial charge in [0.2, 0.25) is 0 Å². The number of β-amino-alcohol motifs (C(OH)–C–C–N with tert-alkyl or cyclic N) is 2. The predicted octanol–water partition coefficient (Wildman–Crippen LogP) is 1.44. The maximum atomic E-state index is 10.9. The Hall–Kier alpha value is -3.44. The fraction of sp³-hybridized carbons (Fsp3) is 0.385. The van der Waals surface area contributed by atoms with Gasteiger partial charge in [-0.3, -0.25) is 9.80 Å². The standard InChI is InChI=1S/C24H31N3O3.C2H2O4/c1-30-22-8-6-19(7-9-22)24-16-20-4-2-3-5-23(20)27(24)18-21(29)17-26-12-10-25(11-13-26)14-15-28;3-1(4)2(5)6/h2-9,16,21,28-29H,10-15,17-18H2,1H3;(H,3,4)(H,5,6). The molecule has 0 amide bonds. The number of carboxylic acid groups (broad SMARTS) is 2. The van der Waals surface area contributed by atoms with Crippen LogP contribution in [0, 0.1) is 0 Å². The Kier molecular flexibility index (Phi) is 9.83. The highest BCUT2D eigenvalue weighted by molar-refractivity contribution is 6.27. The number of aliphatic hydroxyl groups excluding tert-OH is 2. The minimum absolute atomic E-state index is 0.206. The minimum Gasteiger partial charge on any atom is -0.497 e. The lowest BCUT2D eigenvalue weighted by molar-refractivity contribution is -0.159. The maximum Gasteiger partial charge on any atom is 0.414 e. The molecule has 1 aliphatic rings. The van der Waals surface area contributed by atoms with Gasteiger partial charge < -0.3 is 29.7 Å². The van der Waals surface area contributed by atoms with Gasteiger partial charge in [-0.05, 0) is 42.0 Å². The van der Waals surface area contributed by atoms with Crippen molar-refractivity contribution in [1.29, 1.82) is 0 Å². The van der Waals surface area contributed by atoms with Crippen LogP contribution < -0.4 is 4.74 Å². The molecule has 36 heavy (non-hydrogen) atoms. The van der Waals surface area contributed by atoms with E-state index in [1.165, 1.54) is 5.39 Å². The summed E-state index contributed by atoms with van der Waals surface area (Å²) in [5.74, 6) is -2.81. The average molecular weight is 500 g/mol. The number of aromatic nitrogens is 1. The molecule has 1 atom stereocenters. The van der Waals surface area contributed by atoms with Gasteiger partial charge in [0.25, 0.3) is 0 Å². The van der Waals surface area contributed by atoms with Gasteiger partial charge in [0.05, 0.1) is 26.4 Å². The molecule has 4 N–H and O–H groups in total. The van der Waals surface area contributed by atoms with Gasteiger partial charge in [0.15, 0.2) is 0 Å². The number of rotatable bonds is 8. The van der Waals surface area contributed by atoms with Gasteiger partial charge in [0.1, 0.15) is 5.75 Å². The van der Waals surface area contributed by atoms with Crippen molar-refractivity contribution in [1.82, 2.24) is 14.4 Å². The number of para-hydroxylation sites is 1. The molecule has 0 spiro atoms. The van der Waals surface area contributed by atoms with Crippen LogP contribution in [0.15, 0.2) is 54.6 Å². The Bertz CT molecular complexity index is 1130. The Morgan fingerprint density at radius 1 is 0.917 bits per heavy atom. The quantitative estimate of drug-likeness (QED) is 0.340. The zero-order valence-corrected chi connectivity index (χ0v) is 20.3. The van der Waals surface area contributed by atoms with E-state index < -0.39 is 18.0 Å². The van der Waals surface area contributed by atoms with Gasteiger partial charge in [-0.2, -0.15) is 0 Å². The fourth-order valence-corrected chi connectivity index (χ4v) is 4.31. The Labute approximate surface area is 209 Å². The molecule has 1 unspecified atom stereocenters. The zero-order valence-electron chi connectivity index (χ0n) is 20.3. The first-order valence-corrected chi connectivity index (χ1v) is 11.7. The largest absolute Gasteiger partial charge is 0.497 e. The van der Waals surface area contributed by atoms with Crippen LogP contribution in [-0.2, 0) is 16.1 Å². The molecule has 4 rings (SSSR count). The molecular weight excluding hydrogens is 466 g/mol. The lowest BCUT2D eigenvalue weighted by Gasteiger charge is -2.35. The van der Waals surface area contributed by atoms with Crippen LogP contribution in [0.2, 0.25) is 0 Å². The van der Waals surface area contributed by atoms with Crippen molar-refractivity contribution in [2.24, 2.45) is 0 Å². The number of aliphatic carboxylic acids is 2. The van der Waals surface area contributed by atoms with Crippen molar-refractivity contribution in [2.75, 3.05) is 53.0 Å². The number of nitrogens with zero attached hydrogens (tertiary/aromatic N) is 3. The van der Waals surface area contributed by atoms with E-state index in [1.54, 1.807) is 7.11 Å². The minimum atomic E-state index is -1.82. The number of methoxy groups -OCH3 is 1. The van der Waals surface area contributed by atoms with Crippen molar-refractivity contribution >= 4 is 22.8 Å². The second kappa shape index (κ2) is 13.0. The summed E-state index contributed by atoms with van der Waals surface area (Å²) in [6.45, 7) is 5.87. The summed E-state index contributed by atoms with van der Waals surface area (Å²) in [6.07, 6.45) is -0.456. The van der Waals surface area contributed by atoms with Crippen LogP contribution in [0.4, 0.5) is 0 Å². The van der Waals surface area contributed by atoms with E-state index in [0.717, 1.165) is 55.2 Å². The van der Waals surface area contributed by atoms with Gasteiger partial charge in [0, 0.05) is 55.9 Å². The molecule has 0 saturated carbocycles. The number of carboxylic acids is 2. The summed E-state index contributed by atoms with van der Waals surface area (Å²) >= 11 is 0. The van der Waals surface area contributed by atoms with Gasteiger partial charge in [-0.1, -0.05) is 18.2 Å². The number of piperazine rings is 1. The first kappa shape index (κ1) is 27.2. The third kappa shape index (κ3) is 7.28. The van der Waals surface area contributed by atoms with Crippen LogP contribution in [-0.4, -0.2) is 106 Å². The van der Waals surface area contributed by atoms with Crippen molar-refractivity contribution in [3.63, 3.8) is 0 Å². The topological polar surface area (TPSA) is 136 Å². The third-order valence-electron chi connectivity index (χ3n) is 6.12. The zero-order chi connectivity index (χ0) is 26.1. The first-order valence-electron chi connectivity index (χ1n) is 11.7.